The predicted molar refractivity (Wildman–Crippen MR) is 64.2 cm³/mol. The highest BCUT2D eigenvalue weighted by Crippen LogP contribution is 2.08. The number of hydrogen-bond acceptors (Lipinski definition) is 6. The van der Waals surface area contributed by atoms with E-state index in [9.17, 15) is 14.4 Å². The lowest BCUT2D eigenvalue weighted by molar-refractivity contribution is -0.143. The molecule has 19 heavy (non-hydrogen) atoms. The molecule has 7 heteroatoms. The number of carbonyl (C=O) groups excluding carboxylic acids is 3. The van der Waals surface area contributed by atoms with Gasteiger partial charge in [0, 0.05) is 19.2 Å². The molecule has 0 bridgehead atoms. The van der Waals surface area contributed by atoms with Gasteiger partial charge in [0.2, 0.25) is 0 Å². The molecule has 1 aliphatic rings. The number of ether oxygens (including phenoxy) is 3. The molecule has 0 spiro atoms. The van der Waals surface area contributed by atoms with Crippen LogP contribution >= 0.6 is 0 Å². The zero-order chi connectivity index (χ0) is 14.4. The SMILES string of the molecule is CC(C)OC(=O)/C=C/C(=O)OCC1CN(C)C(=O)O1. The Bertz CT molecular complexity index is 390. The van der Waals surface area contributed by atoms with E-state index in [1.807, 2.05) is 0 Å². The Morgan fingerprint density at radius 1 is 1.42 bits per heavy atom. The first-order valence-electron chi connectivity index (χ1n) is 5.85. The molecule has 0 radical (unpaired) electrons. The Kier molecular flexibility index (Phi) is 5.35. The van der Waals surface area contributed by atoms with E-state index in [-0.39, 0.29) is 12.7 Å². The molecular weight excluding hydrogens is 254 g/mol. The van der Waals surface area contributed by atoms with Gasteiger partial charge in [0.15, 0.2) is 6.10 Å². The summed E-state index contributed by atoms with van der Waals surface area (Å²) in [4.78, 5) is 34.8. The smallest absolute Gasteiger partial charge is 0.410 e. The molecule has 0 saturated carbocycles. The van der Waals surface area contributed by atoms with Crippen molar-refractivity contribution in [2.24, 2.45) is 0 Å². The quantitative estimate of drug-likeness (QED) is 0.411. The number of likely N-dealkylation sites (N-methyl/N-ethyl adjacent to an activating group) is 1. The fraction of sp³-hybridized carbons (Fsp3) is 0.583. The summed E-state index contributed by atoms with van der Waals surface area (Å²) in [7, 11) is 1.59. The van der Waals surface area contributed by atoms with Crippen molar-refractivity contribution in [1.82, 2.24) is 4.90 Å². The van der Waals surface area contributed by atoms with Crippen LogP contribution in [0.2, 0.25) is 0 Å². The third-order valence-corrected chi connectivity index (χ3v) is 2.18. The van der Waals surface area contributed by atoms with Crippen LogP contribution in [0.1, 0.15) is 13.8 Å². The molecule has 1 fully saturated rings. The summed E-state index contributed by atoms with van der Waals surface area (Å²) in [6, 6.07) is 0. The molecule has 1 heterocycles. The van der Waals surface area contributed by atoms with Gasteiger partial charge in [-0.3, -0.25) is 0 Å². The fourth-order valence-corrected chi connectivity index (χ4v) is 1.37. The Morgan fingerprint density at radius 3 is 2.58 bits per heavy atom. The van der Waals surface area contributed by atoms with E-state index in [0.29, 0.717) is 6.54 Å². The van der Waals surface area contributed by atoms with E-state index in [0.717, 1.165) is 12.2 Å². The van der Waals surface area contributed by atoms with Crippen molar-refractivity contribution >= 4 is 18.0 Å². The number of carbonyl (C=O) groups is 3. The van der Waals surface area contributed by atoms with Crippen molar-refractivity contribution in [1.29, 1.82) is 0 Å². The normalized spacial score (nSPS) is 18.8. The van der Waals surface area contributed by atoms with Gasteiger partial charge in [-0.05, 0) is 13.8 Å². The Labute approximate surface area is 111 Å². The summed E-state index contributed by atoms with van der Waals surface area (Å²) in [5.41, 5.74) is 0. The monoisotopic (exact) mass is 271 g/mol. The van der Waals surface area contributed by atoms with E-state index in [4.69, 9.17) is 14.2 Å². The van der Waals surface area contributed by atoms with Crippen molar-refractivity contribution in [3.8, 4) is 0 Å². The number of rotatable bonds is 5. The minimum absolute atomic E-state index is 0.0432. The Morgan fingerprint density at radius 2 is 2.05 bits per heavy atom. The summed E-state index contributed by atoms with van der Waals surface area (Å²) in [6.07, 6.45) is 0.802. The van der Waals surface area contributed by atoms with Crippen LogP contribution in [-0.4, -0.2) is 55.3 Å². The maximum Gasteiger partial charge on any atom is 0.410 e. The molecular formula is C12H17NO6. The maximum absolute atomic E-state index is 11.3. The highest BCUT2D eigenvalue weighted by molar-refractivity contribution is 5.91. The average Bonchev–Trinajstić information content (AvgIpc) is 2.63. The minimum atomic E-state index is -0.689. The summed E-state index contributed by atoms with van der Waals surface area (Å²) >= 11 is 0. The summed E-state index contributed by atoms with van der Waals surface area (Å²) in [6.45, 7) is 3.73. The van der Waals surface area contributed by atoms with Crippen LogP contribution in [0.3, 0.4) is 0 Å². The van der Waals surface area contributed by atoms with E-state index in [1.54, 1.807) is 20.9 Å². The average molecular weight is 271 g/mol. The number of hydrogen-bond donors (Lipinski definition) is 0. The Hall–Kier alpha value is -2.05. The Balaban J connectivity index is 2.27. The van der Waals surface area contributed by atoms with Crippen LogP contribution < -0.4 is 0 Å². The van der Waals surface area contributed by atoms with Gasteiger partial charge in [-0.2, -0.15) is 0 Å². The van der Waals surface area contributed by atoms with E-state index in [2.05, 4.69) is 0 Å². The predicted octanol–water partition coefficient (Wildman–Crippen LogP) is 0.488. The van der Waals surface area contributed by atoms with Gasteiger partial charge in [0.25, 0.3) is 0 Å². The lowest BCUT2D eigenvalue weighted by Crippen LogP contribution is -2.23. The van der Waals surface area contributed by atoms with Crippen LogP contribution in [0.4, 0.5) is 4.79 Å². The van der Waals surface area contributed by atoms with Gasteiger partial charge in [0.05, 0.1) is 12.6 Å². The first-order chi connectivity index (χ1) is 8.88. The zero-order valence-corrected chi connectivity index (χ0v) is 11.1. The highest BCUT2D eigenvalue weighted by Gasteiger charge is 2.28. The van der Waals surface area contributed by atoms with Gasteiger partial charge < -0.3 is 19.1 Å². The van der Waals surface area contributed by atoms with E-state index < -0.39 is 24.1 Å². The molecule has 1 saturated heterocycles. The third-order valence-electron chi connectivity index (χ3n) is 2.18. The van der Waals surface area contributed by atoms with Crippen molar-refractivity contribution < 1.29 is 28.6 Å². The van der Waals surface area contributed by atoms with Crippen LogP contribution in [0.25, 0.3) is 0 Å². The van der Waals surface area contributed by atoms with Gasteiger partial charge in [-0.15, -0.1) is 0 Å². The molecule has 106 valence electrons. The molecule has 0 aliphatic carbocycles. The van der Waals surface area contributed by atoms with Gasteiger partial charge in [-0.25, -0.2) is 14.4 Å². The number of esters is 2. The van der Waals surface area contributed by atoms with Crippen molar-refractivity contribution in [2.75, 3.05) is 20.2 Å². The van der Waals surface area contributed by atoms with E-state index in [1.165, 1.54) is 4.90 Å². The minimum Gasteiger partial charge on any atom is -0.460 e. The molecule has 7 nitrogen and oxygen atoms in total. The zero-order valence-electron chi connectivity index (χ0n) is 11.1. The van der Waals surface area contributed by atoms with Gasteiger partial charge in [-0.1, -0.05) is 0 Å². The second-order valence-electron chi connectivity index (χ2n) is 4.34. The molecule has 0 aromatic carbocycles. The molecule has 0 aromatic rings. The topological polar surface area (TPSA) is 82.1 Å². The largest absolute Gasteiger partial charge is 0.460 e. The molecule has 0 N–H and O–H groups in total. The maximum atomic E-state index is 11.3. The summed E-state index contributed by atoms with van der Waals surface area (Å²) in [5, 5.41) is 0. The van der Waals surface area contributed by atoms with Crippen LogP contribution in [-0.2, 0) is 23.8 Å². The summed E-state index contributed by atoms with van der Waals surface area (Å²) < 4.78 is 14.5. The molecule has 1 atom stereocenters. The fourth-order valence-electron chi connectivity index (χ4n) is 1.37. The van der Waals surface area contributed by atoms with Crippen LogP contribution in [0.5, 0.6) is 0 Å². The highest BCUT2D eigenvalue weighted by atomic mass is 16.6. The molecule has 1 amide bonds. The first kappa shape index (κ1) is 15.0. The van der Waals surface area contributed by atoms with E-state index >= 15 is 0 Å². The second kappa shape index (κ2) is 6.77. The molecule has 1 unspecified atom stereocenters. The summed E-state index contributed by atoms with van der Waals surface area (Å²) in [5.74, 6) is -1.30. The van der Waals surface area contributed by atoms with Crippen LogP contribution in [0, 0.1) is 0 Å². The standard InChI is InChI=1S/C12H17NO6/c1-8(2)18-11(15)5-4-10(14)17-7-9-6-13(3)12(16)19-9/h4-5,8-9H,6-7H2,1-3H3/b5-4+. The van der Waals surface area contributed by atoms with Crippen LogP contribution in [0.15, 0.2) is 12.2 Å². The molecule has 1 rings (SSSR count). The first-order valence-corrected chi connectivity index (χ1v) is 5.85. The molecule has 1 aliphatic heterocycles. The van der Waals surface area contributed by atoms with Gasteiger partial charge in [0.1, 0.15) is 6.61 Å². The van der Waals surface area contributed by atoms with Crippen molar-refractivity contribution in [3.63, 3.8) is 0 Å². The molecule has 0 aromatic heterocycles. The van der Waals surface area contributed by atoms with Crippen molar-refractivity contribution in [3.05, 3.63) is 12.2 Å². The number of amides is 1. The second-order valence-corrected chi connectivity index (χ2v) is 4.34. The number of cyclic esters (lactones) is 1. The number of nitrogens with zero attached hydrogens (tertiary/aromatic N) is 1. The van der Waals surface area contributed by atoms with Crippen molar-refractivity contribution in [2.45, 2.75) is 26.1 Å². The third kappa shape index (κ3) is 5.41. The lowest BCUT2D eigenvalue weighted by atomic mass is 10.4. The van der Waals surface area contributed by atoms with Gasteiger partial charge >= 0.3 is 18.0 Å². The lowest BCUT2D eigenvalue weighted by Gasteiger charge is -2.07.